The minimum Gasteiger partial charge on any atom is -0.388 e. The Bertz CT molecular complexity index is 439. The lowest BCUT2D eigenvalue weighted by atomic mass is 9.85. The van der Waals surface area contributed by atoms with E-state index in [0.29, 0.717) is 12.5 Å². The maximum absolute atomic E-state index is 10.3. The molecule has 1 aromatic carbocycles. The van der Waals surface area contributed by atoms with E-state index in [2.05, 4.69) is 10.3 Å². The Labute approximate surface area is 137 Å². The van der Waals surface area contributed by atoms with Gasteiger partial charge in [0.05, 0.1) is 12.1 Å². The zero-order chi connectivity index (χ0) is 13.7. The number of aryl methyl sites for hydroxylation is 1. The number of halogens is 1. The maximum Gasteiger partial charge on any atom is 0.193 e. The predicted molar refractivity (Wildman–Crippen MR) is 94.7 cm³/mol. The molecule has 0 saturated heterocycles. The fourth-order valence-electron chi connectivity index (χ4n) is 2.42. The Morgan fingerprint density at radius 2 is 1.85 bits per heavy atom. The highest BCUT2D eigenvalue weighted by molar-refractivity contribution is 14.0. The third-order valence-electron chi connectivity index (χ3n) is 3.65. The van der Waals surface area contributed by atoms with Gasteiger partial charge in [0, 0.05) is 5.69 Å². The lowest BCUT2D eigenvalue weighted by Gasteiger charge is -2.30. The Balaban J connectivity index is 0.00000200. The molecule has 20 heavy (non-hydrogen) atoms. The molecule has 1 saturated carbocycles. The minimum atomic E-state index is -0.655. The van der Waals surface area contributed by atoms with Crippen molar-refractivity contribution in [2.24, 2.45) is 10.7 Å². The van der Waals surface area contributed by atoms with Gasteiger partial charge < -0.3 is 16.2 Å². The summed E-state index contributed by atoms with van der Waals surface area (Å²) in [5.74, 6) is 0.364. The van der Waals surface area contributed by atoms with Gasteiger partial charge in [-0.25, -0.2) is 0 Å². The summed E-state index contributed by atoms with van der Waals surface area (Å²) in [6.45, 7) is 2.43. The number of hydrogen-bond donors (Lipinski definition) is 3. The van der Waals surface area contributed by atoms with Crippen molar-refractivity contribution in [1.29, 1.82) is 0 Å². The smallest absolute Gasteiger partial charge is 0.193 e. The summed E-state index contributed by atoms with van der Waals surface area (Å²) in [5, 5.41) is 13.4. The third-order valence-corrected chi connectivity index (χ3v) is 3.65. The molecule has 1 aliphatic carbocycles. The van der Waals surface area contributed by atoms with Crippen LogP contribution in [0.2, 0.25) is 0 Å². The Kier molecular flexibility index (Phi) is 6.75. The molecule has 0 spiro atoms. The van der Waals surface area contributed by atoms with Crippen molar-refractivity contribution in [2.45, 2.75) is 44.6 Å². The molecular weight excluding hydrogens is 365 g/mol. The highest BCUT2D eigenvalue weighted by atomic mass is 127. The zero-order valence-electron chi connectivity index (χ0n) is 11.9. The second kappa shape index (κ2) is 7.83. The molecule has 2 rings (SSSR count). The van der Waals surface area contributed by atoms with Crippen LogP contribution in [0.4, 0.5) is 5.69 Å². The molecule has 1 aliphatic rings. The number of guanidine groups is 1. The second-order valence-electron chi connectivity index (χ2n) is 5.48. The SMILES string of the molecule is Cc1ccc(NC(N)=NCC2(O)CCCCC2)cc1.I. The first-order valence-corrected chi connectivity index (χ1v) is 6.93. The fraction of sp³-hybridized carbons (Fsp3) is 0.533. The number of nitrogens with zero attached hydrogens (tertiary/aromatic N) is 1. The summed E-state index contributed by atoms with van der Waals surface area (Å²) in [6, 6.07) is 7.97. The van der Waals surface area contributed by atoms with Crippen molar-refractivity contribution in [1.82, 2.24) is 0 Å². The van der Waals surface area contributed by atoms with Crippen LogP contribution in [-0.4, -0.2) is 23.2 Å². The normalized spacial score (nSPS) is 18.2. The summed E-state index contributed by atoms with van der Waals surface area (Å²) >= 11 is 0. The van der Waals surface area contributed by atoms with Crippen LogP contribution in [-0.2, 0) is 0 Å². The zero-order valence-corrected chi connectivity index (χ0v) is 14.3. The minimum absolute atomic E-state index is 0. The van der Waals surface area contributed by atoms with Crippen LogP contribution in [0.25, 0.3) is 0 Å². The molecule has 112 valence electrons. The molecule has 5 heteroatoms. The van der Waals surface area contributed by atoms with E-state index in [-0.39, 0.29) is 24.0 Å². The molecule has 0 aromatic heterocycles. The van der Waals surface area contributed by atoms with Gasteiger partial charge in [0.1, 0.15) is 0 Å². The number of anilines is 1. The molecule has 0 atom stereocenters. The van der Waals surface area contributed by atoms with E-state index < -0.39 is 5.60 Å². The van der Waals surface area contributed by atoms with Crippen molar-refractivity contribution in [3.8, 4) is 0 Å². The van der Waals surface area contributed by atoms with Crippen LogP contribution >= 0.6 is 24.0 Å². The number of aliphatic imine (C=N–C) groups is 1. The van der Waals surface area contributed by atoms with Gasteiger partial charge in [0.15, 0.2) is 5.96 Å². The van der Waals surface area contributed by atoms with E-state index >= 15 is 0 Å². The van der Waals surface area contributed by atoms with Gasteiger partial charge in [-0.2, -0.15) is 0 Å². The van der Waals surface area contributed by atoms with E-state index in [9.17, 15) is 5.11 Å². The molecule has 0 amide bonds. The maximum atomic E-state index is 10.3. The van der Waals surface area contributed by atoms with Crippen LogP contribution in [0.15, 0.2) is 29.3 Å². The predicted octanol–water partition coefficient (Wildman–Crippen LogP) is 3.03. The molecule has 4 nitrogen and oxygen atoms in total. The van der Waals surface area contributed by atoms with Gasteiger partial charge in [-0.1, -0.05) is 37.0 Å². The lowest BCUT2D eigenvalue weighted by Crippen LogP contribution is -2.36. The average molecular weight is 389 g/mol. The van der Waals surface area contributed by atoms with Gasteiger partial charge in [-0.15, -0.1) is 24.0 Å². The molecule has 0 bridgehead atoms. The van der Waals surface area contributed by atoms with Gasteiger partial charge in [-0.3, -0.25) is 4.99 Å². The molecule has 4 N–H and O–H groups in total. The fourth-order valence-corrected chi connectivity index (χ4v) is 2.42. The summed E-state index contributed by atoms with van der Waals surface area (Å²) < 4.78 is 0. The van der Waals surface area contributed by atoms with E-state index in [1.165, 1.54) is 12.0 Å². The summed E-state index contributed by atoms with van der Waals surface area (Å²) in [7, 11) is 0. The molecule has 1 aromatic rings. The Hall–Kier alpha value is -0.820. The van der Waals surface area contributed by atoms with Crippen molar-refractivity contribution in [2.75, 3.05) is 11.9 Å². The van der Waals surface area contributed by atoms with Crippen LogP contribution in [0, 0.1) is 6.92 Å². The highest BCUT2D eigenvalue weighted by Gasteiger charge is 2.28. The molecule has 0 aliphatic heterocycles. The first kappa shape index (κ1) is 17.2. The van der Waals surface area contributed by atoms with Crippen LogP contribution in [0.3, 0.4) is 0 Å². The molecule has 0 heterocycles. The highest BCUT2D eigenvalue weighted by Crippen LogP contribution is 2.28. The Morgan fingerprint density at radius 1 is 1.25 bits per heavy atom. The van der Waals surface area contributed by atoms with Crippen LogP contribution in [0.5, 0.6) is 0 Å². The van der Waals surface area contributed by atoms with Gasteiger partial charge in [-0.05, 0) is 31.9 Å². The summed E-state index contributed by atoms with van der Waals surface area (Å²) in [4.78, 5) is 4.27. The largest absolute Gasteiger partial charge is 0.388 e. The quantitative estimate of drug-likeness (QED) is 0.423. The Morgan fingerprint density at radius 3 is 2.45 bits per heavy atom. The average Bonchev–Trinajstić information content (AvgIpc) is 2.40. The molecule has 1 fully saturated rings. The van der Waals surface area contributed by atoms with Gasteiger partial charge in [0.25, 0.3) is 0 Å². The van der Waals surface area contributed by atoms with Crippen molar-refractivity contribution in [3.63, 3.8) is 0 Å². The van der Waals surface area contributed by atoms with Crippen LogP contribution < -0.4 is 11.1 Å². The first-order chi connectivity index (χ1) is 9.07. The van der Waals surface area contributed by atoms with Crippen molar-refractivity contribution >= 4 is 35.6 Å². The number of rotatable bonds is 3. The van der Waals surface area contributed by atoms with E-state index in [4.69, 9.17) is 5.73 Å². The topological polar surface area (TPSA) is 70.6 Å². The van der Waals surface area contributed by atoms with E-state index in [0.717, 1.165) is 31.4 Å². The monoisotopic (exact) mass is 389 g/mol. The number of aliphatic hydroxyl groups is 1. The molecular formula is C15H24IN3O. The van der Waals surface area contributed by atoms with Gasteiger partial charge in [0.2, 0.25) is 0 Å². The van der Waals surface area contributed by atoms with E-state index in [1.54, 1.807) is 0 Å². The number of nitrogens with one attached hydrogen (secondary N) is 1. The third kappa shape index (κ3) is 5.28. The summed E-state index contributed by atoms with van der Waals surface area (Å²) in [6.07, 6.45) is 5.03. The number of benzene rings is 1. The van der Waals surface area contributed by atoms with E-state index in [1.807, 2.05) is 31.2 Å². The number of nitrogens with two attached hydrogens (primary N) is 1. The number of hydrogen-bond acceptors (Lipinski definition) is 2. The lowest BCUT2D eigenvalue weighted by molar-refractivity contribution is 0.0132. The van der Waals surface area contributed by atoms with Crippen molar-refractivity contribution in [3.05, 3.63) is 29.8 Å². The van der Waals surface area contributed by atoms with Gasteiger partial charge >= 0.3 is 0 Å². The summed E-state index contributed by atoms with van der Waals surface area (Å²) in [5.41, 5.74) is 7.32. The van der Waals surface area contributed by atoms with Crippen LogP contribution in [0.1, 0.15) is 37.7 Å². The standard InChI is InChI=1S/C15H23N3O.HI/c1-12-5-7-13(8-6-12)18-14(16)17-11-15(19)9-3-2-4-10-15;/h5-8,19H,2-4,9-11H2,1H3,(H3,16,17,18);1H. The molecule has 0 unspecified atom stereocenters. The molecule has 0 radical (unpaired) electrons. The van der Waals surface area contributed by atoms with Crippen molar-refractivity contribution < 1.29 is 5.11 Å². The second-order valence-corrected chi connectivity index (χ2v) is 5.48. The first-order valence-electron chi connectivity index (χ1n) is 6.93.